The second-order valence-corrected chi connectivity index (χ2v) is 5.72. The van der Waals surface area contributed by atoms with E-state index >= 15 is 0 Å². The van der Waals surface area contributed by atoms with Crippen molar-refractivity contribution < 1.29 is 5.11 Å². The van der Waals surface area contributed by atoms with Crippen molar-refractivity contribution in [2.45, 2.75) is 45.6 Å². The second kappa shape index (κ2) is 7.06. The highest BCUT2D eigenvalue weighted by molar-refractivity contribution is 5.09. The molecule has 1 aliphatic carbocycles. The van der Waals surface area contributed by atoms with Crippen molar-refractivity contribution in [1.82, 2.24) is 15.1 Å². The van der Waals surface area contributed by atoms with Crippen molar-refractivity contribution in [2.75, 3.05) is 13.2 Å². The molecule has 0 aromatic carbocycles. The van der Waals surface area contributed by atoms with Gasteiger partial charge in [-0.1, -0.05) is 19.8 Å². The van der Waals surface area contributed by atoms with E-state index in [9.17, 15) is 5.11 Å². The minimum Gasteiger partial charge on any atom is -0.396 e. The van der Waals surface area contributed by atoms with Gasteiger partial charge in [-0.3, -0.25) is 4.68 Å². The standard InChI is InChI=1S/C15H27N3O/c1-3-14-8-15(18(2)17-14)10-16-9-12-6-4-5-7-13(12)11-19/h8,12-13,16,19H,3-7,9-11H2,1-2H3. The average Bonchev–Trinajstić information content (AvgIpc) is 2.80. The highest BCUT2D eigenvalue weighted by atomic mass is 16.3. The summed E-state index contributed by atoms with van der Waals surface area (Å²) in [5.41, 5.74) is 2.40. The third-order valence-electron chi connectivity index (χ3n) is 4.40. The van der Waals surface area contributed by atoms with Crippen LogP contribution < -0.4 is 5.32 Å². The third-order valence-corrected chi connectivity index (χ3v) is 4.40. The molecule has 4 nitrogen and oxygen atoms in total. The van der Waals surface area contributed by atoms with Gasteiger partial charge in [-0.15, -0.1) is 0 Å². The smallest absolute Gasteiger partial charge is 0.0625 e. The van der Waals surface area contributed by atoms with E-state index in [4.69, 9.17) is 0 Å². The van der Waals surface area contributed by atoms with Crippen LogP contribution in [0.1, 0.15) is 44.0 Å². The maximum atomic E-state index is 9.42. The summed E-state index contributed by atoms with van der Waals surface area (Å²) in [6.45, 7) is 4.36. The molecule has 1 fully saturated rings. The number of hydrogen-bond acceptors (Lipinski definition) is 3. The zero-order valence-electron chi connectivity index (χ0n) is 12.2. The molecule has 2 rings (SSSR count). The first-order valence-corrected chi connectivity index (χ1v) is 7.58. The fourth-order valence-electron chi connectivity index (χ4n) is 3.09. The average molecular weight is 265 g/mol. The molecule has 0 spiro atoms. The normalized spacial score (nSPS) is 23.7. The molecule has 2 unspecified atom stereocenters. The zero-order valence-corrected chi connectivity index (χ0v) is 12.2. The van der Waals surface area contributed by atoms with Crippen molar-refractivity contribution in [3.05, 3.63) is 17.5 Å². The Hall–Kier alpha value is -0.870. The summed E-state index contributed by atoms with van der Waals surface area (Å²) in [7, 11) is 2.01. The maximum absolute atomic E-state index is 9.42. The van der Waals surface area contributed by atoms with Crippen molar-refractivity contribution in [2.24, 2.45) is 18.9 Å². The first-order chi connectivity index (χ1) is 9.24. The quantitative estimate of drug-likeness (QED) is 0.825. The molecule has 0 radical (unpaired) electrons. The van der Waals surface area contributed by atoms with Crippen LogP contribution in [0, 0.1) is 11.8 Å². The SMILES string of the molecule is CCc1cc(CNCC2CCCCC2CO)n(C)n1. The lowest BCUT2D eigenvalue weighted by atomic mass is 9.79. The van der Waals surface area contributed by atoms with E-state index in [0.717, 1.165) is 25.2 Å². The topological polar surface area (TPSA) is 50.1 Å². The number of aliphatic hydroxyl groups excluding tert-OH is 1. The Kier molecular flexibility index (Phi) is 5.40. The third kappa shape index (κ3) is 3.80. The van der Waals surface area contributed by atoms with Gasteiger partial charge in [0.2, 0.25) is 0 Å². The molecule has 1 saturated carbocycles. The van der Waals surface area contributed by atoms with Crippen LogP contribution in [0.4, 0.5) is 0 Å². The molecule has 2 atom stereocenters. The van der Waals surface area contributed by atoms with E-state index in [2.05, 4.69) is 23.4 Å². The molecule has 0 saturated heterocycles. The molecule has 0 bridgehead atoms. The van der Waals surface area contributed by atoms with Gasteiger partial charge < -0.3 is 10.4 Å². The van der Waals surface area contributed by atoms with E-state index < -0.39 is 0 Å². The van der Waals surface area contributed by atoms with Gasteiger partial charge in [0.1, 0.15) is 0 Å². The zero-order chi connectivity index (χ0) is 13.7. The summed E-state index contributed by atoms with van der Waals surface area (Å²) in [5.74, 6) is 1.14. The molecule has 1 aromatic rings. The fourth-order valence-corrected chi connectivity index (χ4v) is 3.09. The maximum Gasteiger partial charge on any atom is 0.0625 e. The van der Waals surface area contributed by atoms with Crippen LogP contribution in [0.5, 0.6) is 0 Å². The Balaban J connectivity index is 1.80. The number of aliphatic hydroxyl groups is 1. The number of hydrogen-bond donors (Lipinski definition) is 2. The van der Waals surface area contributed by atoms with Gasteiger partial charge in [0, 0.05) is 20.2 Å². The van der Waals surface area contributed by atoms with Crippen LogP contribution in [-0.2, 0) is 20.0 Å². The molecule has 1 aliphatic rings. The summed E-state index contributed by atoms with van der Waals surface area (Å²) in [4.78, 5) is 0. The summed E-state index contributed by atoms with van der Waals surface area (Å²) in [6.07, 6.45) is 6.03. The molecule has 0 amide bonds. The van der Waals surface area contributed by atoms with Gasteiger partial charge in [-0.2, -0.15) is 5.10 Å². The van der Waals surface area contributed by atoms with Crippen LogP contribution in [-0.4, -0.2) is 28.0 Å². The largest absolute Gasteiger partial charge is 0.396 e. The lowest BCUT2D eigenvalue weighted by Gasteiger charge is -2.30. The van der Waals surface area contributed by atoms with Gasteiger partial charge in [-0.05, 0) is 43.7 Å². The number of aryl methyl sites for hydroxylation is 2. The first-order valence-electron chi connectivity index (χ1n) is 7.58. The highest BCUT2D eigenvalue weighted by Gasteiger charge is 2.23. The molecule has 0 aliphatic heterocycles. The molecule has 19 heavy (non-hydrogen) atoms. The number of aromatic nitrogens is 2. The fraction of sp³-hybridized carbons (Fsp3) is 0.800. The minimum atomic E-state index is 0.345. The molecule has 2 N–H and O–H groups in total. The van der Waals surface area contributed by atoms with Gasteiger partial charge in [0.05, 0.1) is 11.4 Å². The molecular weight excluding hydrogens is 238 g/mol. The van der Waals surface area contributed by atoms with Crippen LogP contribution in [0.2, 0.25) is 0 Å². The predicted octanol–water partition coefficient (Wildman–Crippen LogP) is 1.87. The summed E-state index contributed by atoms with van der Waals surface area (Å²) in [6, 6.07) is 2.18. The van der Waals surface area contributed by atoms with Crippen LogP contribution in [0.3, 0.4) is 0 Å². The Morgan fingerprint density at radius 2 is 2.11 bits per heavy atom. The molecule has 108 valence electrons. The predicted molar refractivity (Wildman–Crippen MR) is 76.8 cm³/mol. The lowest BCUT2D eigenvalue weighted by Crippen LogP contribution is -2.32. The number of nitrogens with one attached hydrogen (secondary N) is 1. The highest BCUT2D eigenvalue weighted by Crippen LogP contribution is 2.29. The Labute approximate surface area is 116 Å². The van der Waals surface area contributed by atoms with Crippen LogP contribution in [0.25, 0.3) is 0 Å². The van der Waals surface area contributed by atoms with Crippen molar-refractivity contribution >= 4 is 0 Å². The molecule has 4 heteroatoms. The molecule has 1 aromatic heterocycles. The Bertz CT molecular complexity index is 389. The second-order valence-electron chi connectivity index (χ2n) is 5.72. The Morgan fingerprint density at radius 3 is 2.74 bits per heavy atom. The van der Waals surface area contributed by atoms with Crippen molar-refractivity contribution in [1.29, 1.82) is 0 Å². The van der Waals surface area contributed by atoms with Gasteiger partial charge >= 0.3 is 0 Å². The van der Waals surface area contributed by atoms with E-state index in [1.807, 2.05) is 11.7 Å². The summed E-state index contributed by atoms with van der Waals surface area (Å²) in [5, 5.41) is 17.4. The summed E-state index contributed by atoms with van der Waals surface area (Å²) >= 11 is 0. The lowest BCUT2D eigenvalue weighted by molar-refractivity contribution is 0.133. The van der Waals surface area contributed by atoms with E-state index in [1.54, 1.807) is 0 Å². The van der Waals surface area contributed by atoms with Crippen LogP contribution >= 0.6 is 0 Å². The summed E-state index contributed by atoms with van der Waals surface area (Å²) < 4.78 is 1.97. The Morgan fingerprint density at radius 1 is 1.37 bits per heavy atom. The molecule has 1 heterocycles. The van der Waals surface area contributed by atoms with Crippen molar-refractivity contribution in [3.8, 4) is 0 Å². The van der Waals surface area contributed by atoms with Gasteiger partial charge in [0.25, 0.3) is 0 Å². The first kappa shape index (κ1) is 14.5. The number of nitrogens with zero attached hydrogens (tertiary/aromatic N) is 2. The molecular formula is C15H27N3O. The van der Waals surface area contributed by atoms with E-state index in [1.165, 1.54) is 31.4 Å². The van der Waals surface area contributed by atoms with Crippen LogP contribution in [0.15, 0.2) is 6.07 Å². The number of rotatable bonds is 6. The minimum absolute atomic E-state index is 0.345. The monoisotopic (exact) mass is 265 g/mol. The van der Waals surface area contributed by atoms with Gasteiger partial charge in [-0.25, -0.2) is 0 Å². The van der Waals surface area contributed by atoms with Crippen molar-refractivity contribution in [3.63, 3.8) is 0 Å². The van der Waals surface area contributed by atoms with E-state index in [-0.39, 0.29) is 0 Å². The van der Waals surface area contributed by atoms with Gasteiger partial charge in [0.15, 0.2) is 0 Å². The van der Waals surface area contributed by atoms with E-state index in [0.29, 0.717) is 18.4 Å².